The van der Waals surface area contributed by atoms with Crippen molar-refractivity contribution in [2.75, 3.05) is 5.73 Å². The summed E-state index contributed by atoms with van der Waals surface area (Å²) in [6.07, 6.45) is -4.53. The van der Waals surface area contributed by atoms with Crippen LogP contribution >= 0.6 is 12.4 Å². The van der Waals surface area contributed by atoms with E-state index in [0.717, 1.165) is 19.2 Å². The van der Waals surface area contributed by atoms with Crippen molar-refractivity contribution >= 4 is 18.1 Å². The van der Waals surface area contributed by atoms with Gasteiger partial charge in [0.1, 0.15) is 5.69 Å². The smallest absolute Gasteiger partial charge is 0.394 e. The van der Waals surface area contributed by atoms with Gasteiger partial charge in [-0.1, -0.05) is 0 Å². The number of hydrogen-bond acceptors (Lipinski definition) is 2. The van der Waals surface area contributed by atoms with E-state index in [4.69, 9.17) is 5.73 Å². The van der Waals surface area contributed by atoms with Gasteiger partial charge in [0, 0.05) is 7.05 Å². The number of nitrogens with two attached hydrogens (primary N) is 1. The summed E-state index contributed by atoms with van der Waals surface area (Å²) in [4.78, 5) is 11.0. The van der Waals surface area contributed by atoms with Crippen LogP contribution in [0.3, 0.4) is 0 Å². The molecule has 1 aromatic rings. The quantitative estimate of drug-likeness (QED) is 0.730. The van der Waals surface area contributed by atoms with E-state index < -0.39 is 17.4 Å². The number of alkyl halides is 3. The predicted octanol–water partition coefficient (Wildman–Crippen LogP) is 1.41. The molecule has 3 nitrogen and oxygen atoms in total. The lowest BCUT2D eigenvalue weighted by Crippen LogP contribution is -2.26. The minimum absolute atomic E-state index is 0. The lowest BCUT2D eigenvalue weighted by Gasteiger charge is -2.11. The Morgan fingerprint density at radius 3 is 2.29 bits per heavy atom. The third-order valence-corrected chi connectivity index (χ3v) is 1.62. The highest BCUT2D eigenvalue weighted by molar-refractivity contribution is 5.85. The summed E-state index contributed by atoms with van der Waals surface area (Å²) in [5.74, 6) is 0. The second-order valence-corrected chi connectivity index (χ2v) is 2.54. The third kappa shape index (κ3) is 2.20. The zero-order valence-electron chi connectivity index (χ0n) is 7.13. The Morgan fingerprint density at radius 1 is 1.36 bits per heavy atom. The molecule has 0 aliphatic heterocycles. The van der Waals surface area contributed by atoms with Crippen LogP contribution in [0.1, 0.15) is 5.69 Å². The summed E-state index contributed by atoms with van der Waals surface area (Å²) in [7, 11) is 1.03. The maximum atomic E-state index is 12.2. The minimum Gasteiger partial charge on any atom is -0.394 e. The van der Waals surface area contributed by atoms with Gasteiger partial charge in [0.05, 0.1) is 5.69 Å². The maximum Gasteiger partial charge on any atom is 0.431 e. The molecular formula is C7H8ClF3N2O. The fourth-order valence-electron chi connectivity index (χ4n) is 0.940. The van der Waals surface area contributed by atoms with E-state index >= 15 is 0 Å². The molecule has 14 heavy (non-hydrogen) atoms. The Hall–Kier alpha value is -1.17. The number of halogens is 4. The number of pyridine rings is 1. The molecule has 0 saturated heterocycles. The molecule has 0 unspecified atom stereocenters. The zero-order chi connectivity index (χ0) is 10.2. The van der Waals surface area contributed by atoms with Gasteiger partial charge in [-0.3, -0.25) is 4.79 Å². The van der Waals surface area contributed by atoms with E-state index in [2.05, 4.69) is 0 Å². The van der Waals surface area contributed by atoms with Crippen molar-refractivity contribution < 1.29 is 13.2 Å². The van der Waals surface area contributed by atoms with Gasteiger partial charge in [-0.15, -0.1) is 12.4 Å². The third-order valence-electron chi connectivity index (χ3n) is 1.62. The van der Waals surface area contributed by atoms with E-state index in [-0.39, 0.29) is 18.1 Å². The van der Waals surface area contributed by atoms with Crippen molar-refractivity contribution in [1.82, 2.24) is 4.57 Å². The molecule has 0 aliphatic carbocycles. The fourth-order valence-corrected chi connectivity index (χ4v) is 0.940. The number of nitrogen functional groups attached to an aromatic ring is 1. The first-order chi connectivity index (χ1) is 5.84. The summed E-state index contributed by atoms with van der Waals surface area (Å²) in [6, 6.07) is 1.72. The van der Waals surface area contributed by atoms with E-state index in [0.29, 0.717) is 4.57 Å². The van der Waals surface area contributed by atoms with Crippen LogP contribution in [0.2, 0.25) is 0 Å². The fraction of sp³-hybridized carbons (Fsp3) is 0.286. The molecule has 1 heterocycles. The Balaban J connectivity index is 0.00000169. The number of aromatic nitrogens is 1. The van der Waals surface area contributed by atoms with Crippen molar-refractivity contribution in [3.8, 4) is 0 Å². The SMILES string of the molecule is Cl.Cn1c(C(F)(F)F)ccc(N)c1=O. The Bertz CT molecular complexity index is 386. The van der Waals surface area contributed by atoms with E-state index in [1.54, 1.807) is 0 Å². The first-order valence-electron chi connectivity index (χ1n) is 3.36. The molecular weight excluding hydrogens is 221 g/mol. The van der Waals surface area contributed by atoms with Crippen LogP contribution in [-0.4, -0.2) is 4.57 Å². The van der Waals surface area contributed by atoms with Crippen LogP contribution in [0, 0.1) is 0 Å². The lowest BCUT2D eigenvalue weighted by molar-refractivity contribution is -0.143. The van der Waals surface area contributed by atoms with Crippen molar-refractivity contribution in [2.45, 2.75) is 6.18 Å². The van der Waals surface area contributed by atoms with Crippen molar-refractivity contribution in [2.24, 2.45) is 7.05 Å². The molecule has 1 rings (SSSR count). The minimum atomic E-state index is -4.53. The zero-order valence-corrected chi connectivity index (χ0v) is 7.95. The Kier molecular flexibility index (Phi) is 3.59. The molecule has 0 radical (unpaired) electrons. The van der Waals surface area contributed by atoms with Gasteiger partial charge in [0.2, 0.25) is 0 Å². The molecule has 0 bridgehead atoms. The Labute approximate surface area is 83.7 Å². The van der Waals surface area contributed by atoms with Crippen LogP contribution in [0.25, 0.3) is 0 Å². The maximum absolute atomic E-state index is 12.2. The summed E-state index contributed by atoms with van der Waals surface area (Å²) in [6.45, 7) is 0. The van der Waals surface area contributed by atoms with E-state index in [1.807, 2.05) is 0 Å². The van der Waals surface area contributed by atoms with Crippen molar-refractivity contribution in [1.29, 1.82) is 0 Å². The predicted molar refractivity (Wildman–Crippen MR) is 48.3 cm³/mol. The summed E-state index contributed by atoms with van der Waals surface area (Å²) >= 11 is 0. The second-order valence-electron chi connectivity index (χ2n) is 2.54. The molecule has 1 aromatic heterocycles. The molecule has 0 atom stereocenters. The second kappa shape index (κ2) is 3.91. The average molecular weight is 229 g/mol. The number of anilines is 1. The van der Waals surface area contributed by atoms with Gasteiger partial charge in [-0.25, -0.2) is 0 Å². The molecule has 0 saturated carbocycles. The van der Waals surface area contributed by atoms with Gasteiger partial charge in [0.15, 0.2) is 0 Å². The van der Waals surface area contributed by atoms with E-state index in [9.17, 15) is 18.0 Å². The van der Waals surface area contributed by atoms with Crippen LogP contribution in [0.4, 0.5) is 18.9 Å². The Morgan fingerprint density at radius 2 is 1.86 bits per heavy atom. The molecule has 0 aliphatic rings. The molecule has 80 valence electrons. The highest BCUT2D eigenvalue weighted by atomic mass is 35.5. The number of rotatable bonds is 0. The number of hydrogen-bond donors (Lipinski definition) is 1. The number of nitrogens with zero attached hydrogens (tertiary/aromatic N) is 1. The molecule has 0 fully saturated rings. The highest BCUT2D eigenvalue weighted by Gasteiger charge is 2.33. The van der Waals surface area contributed by atoms with Crippen LogP contribution in [0.5, 0.6) is 0 Å². The van der Waals surface area contributed by atoms with Gasteiger partial charge in [-0.05, 0) is 12.1 Å². The van der Waals surface area contributed by atoms with E-state index in [1.165, 1.54) is 0 Å². The largest absolute Gasteiger partial charge is 0.431 e. The van der Waals surface area contributed by atoms with Crippen molar-refractivity contribution in [3.63, 3.8) is 0 Å². The molecule has 0 aromatic carbocycles. The molecule has 0 amide bonds. The summed E-state index contributed by atoms with van der Waals surface area (Å²) < 4.78 is 37.0. The summed E-state index contributed by atoms with van der Waals surface area (Å²) in [5, 5.41) is 0. The monoisotopic (exact) mass is 228 g/mol. The van der Waals surface area contributed by atoms with Gasteiger partial charge < -0.3 is 10.3 Å². The van der Waals surface area contributed by atoms with Crippen LogP contribution in [-0.2, 0) is 13.2 Å². The average Bonchev–Trinajstić information content (AvgIpc) is 1.98. The molecule has 0 spiro atoms. The normalized spacial score (nSPS) is 10.9. The lowest BCUT2D eigenvalue weighted by atomic mass is 10.3. The first-order valence-corrected chi connectivity index (χ1v) is 3.36. The van der Waals surface area contributed by atoms with Gasteiger partial charge >= 0.3 is 6.18 Å². The summed E-state index contributed by atoms with van der Waals surface area (Å²) in [5.41, 5.74) is 3.09. The van der Waals surface area contributed by atoms with Crippen LogP contribution < -0.4 is 11.3 Å². The standard InChI is InChI=1S/C7H7F3N2O.ClH/c1-12-5(7(8,9)10)3-2-4(11)6(12)13;/h2-3H,11H2,1H3;1H. The first kappa shape index (κ1) is 12.8. The molecule has 7 heteroatoms. The highest BCUT2D eigenvalue weighted by Crippen LogP contribution is 2.27. The topological polar surface area (TPSA) is 48.0 Å². The molecule has 2 N–H and O–H groups in total. The van der Waals surface area contributed by atoms with Gasteiger partial charge in [-0.2, -0.15) is 13.2 Å². The van der Waals surface area contributed by atoms with Crippen LogP contribution in [0.15, 0.2) is 16.9 Å². The van der Waals surface area contributed by atoms with Gasteiger partial charge in [0.25, 0.3) is 5.56 Å². The van der Waals surface area contributed by atoms with Crippen molar-refractivity contribution in [3.05, 3.63) is 28.2 Å².